The maximum atomic E-state index is 2.54. The van der Waals surface area contributed by atoms with Crippen LogP contribution in [0.1, 0.15) is 69.4 Å². The number of rotatable bonds is 2. The predicted octanol–water partition coefficient (Wildman–Crippen LogP) is 5.28. The van der Waals surface area contributed by atoms with Crippen molar-refractivity contribution in [2.24, 2.45) is 17.8 Å². The molecule has 0 amide bonds. The molecule has 4 fully saturated rings. The molecule has 0 aliphatic heterocycles. The molecule has 0 N–H and O–H groups in total. The highest BCUT2D eigenvalue weighted by Crippen LogP contribution is 2.60. The predicted molar refractivity (Wildman–Crippen MR) is 80.4 cm³/mol. The molecule has 0 heterocycles. The van der Waals surface area contributed by atoms with E-state index in [4.69, 9.17) is 0 Å². The molecule has 0 unspecified atom stereocenters. The van der Waals surface area contributed by atoms with Crippen molar-refractivity contribution < 1.29 is 0 Å². The summed E-state index contributed by atoms with van der Waals surface area (Å²) in [7, 11) is 0. The Morgan fingerprint density at radius 2 is 1.53 bits per heavy atom. The van der Waals surface area contributed by atoms with Crippen molar-refractivity contribution in [2.75, 3.05) is 0 Å². The molecule has 1 aromatic carbocycles. The lowest BCUT2D eigenvalue weighted by Crippen LogP contribution is -2.48. The topological polar surface area (TPSA) is 0 Å². The molecule has 5 rings (SSSR count). The van der Waals surface area contributed by atoms with Crippen LogP contribution in [-0.2, 0) is 5.41 Å². The second kappa shape index (κ2) is 4.11. The highest BCUT2D eigenvalue weighted by Gasteiger charge is 2.51. The lowest BCUT2D eigenvalue weighted by atomic mass is 9.48. The standard InChI is InChI=1S/C19H26/c1-13(2)17-4-3-5-18(9-17)19-10-14-6-15(11-19)8-16(7-14)12-19/h3-5,9,13-16H,6-8,10-12H2,1-2H3. The van der Waals surface area contributed by atoms with Gasteiger partial charge in [0.15, 0.2) is 0 Å². The van der Waals surface area contributed by atoms with Crippen LogP contribution in [0, 0.1) is 17.8 Å². The first-order chi connectivity index (χ1) is 9.14. The summed E-state index contributed by atoms with van der Waals surface area (Å²) >= 11 is 0. The molecule has 0 atom stereocenters. The van der Waals surface area contributed by atoms with Crippen LogP contribution in [-0.4, -0.2) is 0 Å². The average Bonchev–Trinajstić information content (AvgIpc) is 2.37. The van der Waals surface area contributed by atoms with Crippen LogP contribution in [0.15, 0.2) is 24.3 Å². The summed E-state index contributed by atoms with van der Waals surface area (Å²) in [6, 6.07) is 9.59. The Kier molecular flexibility index (Phi) is 2.59. The summed E-state index contributed by atoms with van der Waals surface area (Å²) in [5.74, 6) is 3.81. The van der Waals surface area contributed by atoms with Gasteiger partial charge in [-0.15, -0.1) is 0 Å². The molecule has 0 spiro atoms. The molecule has 0 aromatic heterocycles. The van der Waals surface area contributed by atoms with Gasteiger partial charge in [0.1, 0.15) is 0 Å². The zero-order chi connectivity index (χ0) is 13.0. The Labute approximate surface area is 117 Å². The number of benzene rings is 1. The SMILES string of the molecule is CC(C)c1cccc(C23CC4CC(CC(C4)C2)C3)c1. The average molecular weight is 254 g/mol. The van der Waals surface area contributed by atoms with Crippen LogP contribution in [0.2, 0.25) is 0 Å². The third kappa shape index (κ3) is 1.87. The van der Waals surface area contributed by atoms with E-state index in [-0.39, 0.29) is 0 Å². The molecule has 0 radical (unpaired) electrons. The highest BCUT2D eigenvalue weighted by molar-refractivity contribution is 5.34. The van der Waals surface area contributed by atoms with Gasteiger partial charge in [0.25, 0.3) is 0 Å². The molecule has 19 heavy (non-hydrogen) atoms. The molecule has 1 aromatic rings. The first-order valence-electron chi connectivity index (χ1n) is 8.25. The van der Waals surface area contributed by atoms with E-state index >= 15 is 0 Å². The third-order valence-corrected chi connectivity index (χ3v) is 6.20. The molecular formula is C19H26. The molecule has 4 bridgehead atoms. The molecule has 4 aliphatic rings. The summed E-state index contributed by atoms with van der Waals surface area (Å²) in [5, 5.41) is 0. The van der Waals surface area contributed by atoms with E-state index in [1.165, 1.54) is 24.8 Å². The number of hydrogen-bond acceptors (Lipinski definition) is 0. The molecule has 4 aliphatic carbocycles. The quantitative estimate of drug-likeness (QED) is 0.673. The molecule has 0 saturated heterocycles. The van der Waals surface area contributed by atoms with Gasteiger partial charge in [-0.2, -0.15) is 0 Å². The van der Waals surface area contributed by atoms with Gasteiger partial charge in [0.05, 0.1) is 0 Å². The summed E-state index contributed by atoms with van der Waals surface area (Å²) in [5.41, 5.74) is 3.78. The van der Waals surface area contributed by atoms with Crippen LogP contribution >= 0.6 is 0 Å². The minimum Gasteiger partial charge on any atom is -0.0617 e. The first kappa shape index (κ1) is 12.0. The fourth-order valence-corrected chi connectivity index (χ4v) is 5.69. The maximum Gasteiger partial charge on any atom is -0.00390 e. The van der Waals surface area contributed by atoms with E-state index in [2.05, 4.69) is 38.1 Å². The molecular weight excluding hydrogens is 228 g/mol. The molecule has 4 saturated carbocycles. The zero-order valence-electron chi connectivity index (χ0n) is 12.4. The Hall–Kier alpha value is -0.780. The fraction of sp³-hybridized carbons (Fsp3) is 0.684. The minimum atomic E-state index is 0.569. The van der Waals surface area contributed by atoms with Gasteiger partial charge in [-0.1, -0.05) is 38.1 Å². The Morgan fingerprint density at radius 1 is 0.947 bits per heavy atom. The van der Waals surface area contributed by atoms with Crippen LogP contribution in [0.5, 0.6) is 0 Å². The number of hydrogen-bond donors (Lipinski definition) is 0. The first-order valence-corrected chi connectivity index (χ1v) is 8.25. The van der Waals surface area contributed by atoms with Gasteiger partial charge >= 0.3 is 0 Å². The highest BCUT2D eigenvalue weighted by atomic mass is 14.6. The smallest absolute Gasteiger partial charge is 0.00390 e. The molecule has 0 heteroatoms. The van der Waals surface area contributed by atoms with Crippen molar-refractivity contribution in [3.63, 3.8) is 0 Å². The van der Waals surface area contributed by atoms with E-state index in [0.29, 0.717) is 11.3 Å². The summed E-state index contributed by atoms with van der Waals surface area (Å²) in [4.78, 5) is 0. The van der Waals surface area contributed by atoms with Crippen LogP contribution in [0.25, 0.3) is 0 Å². The summed E-state index contributed by atoms with van der Waals surface area (Å²) in [6.45, 7) is 4.64. The van der Waals surface area contributed by atoms with Crippen molar-refractivity contribution in [3.8, 4) is 0 Å². The lowest BCUT2D eigenvalue weighted by Gasteiger charge is -2.57. The second-order valence-corrected chi connectivity index (χ2v) is 7.98. The van der Waals surface area contributed by atoms with Crippen molar-refractivity contribution >= 4 is 0 Å². The Bertz CT molecular complexity index is 447. The van der Waals surface area contributed by atoms with Gasteiger partial charge in [-0.25, -0.2) is 0 Å². The minimum absolute atomic E-state index is 0.569. The molecule has 0 nitrogen and oxygen atoms in total. The fourth-order valence-electron chi connectivity index (χ4n) is 5.69. The zero-order valence-corrected chi connectivity index (χ0v) is 12.4. The Morgan fingerprint density at radius 3 is 2.05 bits per heavy atom. The van der Waals surface area contributed by atoms with Crippen molar-refractivity contribution in [1.29, 1.82) is 0 Å². The Balaban J connectivity index is 1.73. The largest absolute Gasteiger partial charge is 0.0617 e. The normalized spacial score (nSPS) is 40.1. The van der Waals surface area contributed by atoms with Crippen LogP contribution < -0.4 is 0 Å². The van der Waals surface area contributed by atoms with Crippen LogP contribution in [0.4, 0.5) is 0 Å². The van der Waals surface area contributed by atoms with Crippen LogP contribution in [0.3, 0.4) is 0 Å². The summed E-state index contributed by atoms with van der Waals surface area (Å²) in [6.07, 6.45) is 9.09. The second-order valence-electron chi connectivity index (χ2n) is 7.98. The van der Waals surface area contributed by atoms with E-state index in [0.717, 1.165) is 17.8 Å². The van der Waals surface area contributed by atoms with Gasteiger partial charge < -0.3 is 0 Å². The van der Waals surface area contributed by atoms with Gasteiger partial charge in [0, 0.05) is 0 Å². The lowest BCUT2D eigenvalue weighted by molar-refractivity contribution is -0.00522. The van der Waals surface area contributed by atoms with E-state index in [1.807, 2.05) is 0 Å². The monoisotopic (exact) mass is 254 g/mol. The molecule has 102 valence electrons. The van der Waals surface area contributed by atoms with Crippen molar-refractivity contribution in [2.45, 2.75) is 63.7 Å². The van der Waals surface area contributed by atoms with Crippen molar-refractivity contribution in [3.05, 3.63) is 35.4 Å². The van der Waals surface area contributed by atoms with E-state index < -0.39 is 0 Å². The van der Waals surface area contributed by atoms with Gasteiger partial charge in [0.2, 0.25) is 0 Å². The van der Waals surface area contributed by atoms with Gasteiger partial charge in [-0.05, 0) is 78.7 Å². The van der Waals surface area contributed by atoms with Gasteiger partial charge in [-0.3, -0.25) is 0 Å². The van der Waals surface area contributed by atoms with E-state index in [9.17, 15) is 0 Å². The van der Waals surface area contributed by atoms with Crippen molar-refractivity contribution in [1.82, 2.24) is 0 Å². The summed E-state index contributed by atoms with van der Waals surface area (Å²) < 4.78 is 0. The maximum absolute atomic E-state index is 2.54. The third-order valence-electron chi connectivity index (χ3n) is 6.20. The van der Waals surface area contributed by atoms with E-state index in [1.54, 1.807) is 24.8 Å².